The zero-order chi connectivity index (χ0) is 35.2. The second-order valence-electron chi connectivity index (χ2n) is 13.5. The van der Waals surface area contributed by atoms with Gasteiger partial charge in [-0.15, -0.1) is 0 Å². The van der Waals surface area contributed by atoms with Crippen LogP contribution in [0.25, 0.3) is 21.5 Å². The standard InChI is InChI=1S/C46H33Cl2NO2/c47-35-24-20-32(21-25-35)41-28-46(51,40-19-9-13-31-11-5-7-17-38(31)40)43(44(50)39-18-8-12-30-10-4-6-16-37(30)39)42(33-22-26-36(48)27-23-33)45(41,29-49)34-14-2-1-3-15-34/h1-27,41-43,51H,28H2/t41-,42-,43+,45-,46-/m0/s1. The summed E-state index contributed by atoms with van der Waals surface area (Å²) in [6.07, 6.45) is 0.0936. The van der Waals surface area contributed by atoms with Gasteiger partial charge in [0.1, 0.15) is 5.60 Å². The second-order valence-corrected chi connectivity index (χ2v) is 14.4. The SMILES string of the molecule is N#C[C@]1(c2ccccc2)[C@H](c2ccc(Cl)cc2)C[C@](O)(c2cccc3ccccc23)[C@@H](C(=O)c2cccc3ccccc23)[C@@H]1c1ccc(Cl)cc1. The second kappa shape index (κ2) is 13.1. The van der Waals surface area contributed by atoms with Crippen molar-refractivity contribution in [2.24, 2.45) is 5.92 Å². The van der Waals surface area contributed by atoms with Crippen LogP contribution in [-0.2, 0) is 11.0 Å². The minimum atomic E-state index is -1.74. The van der Waals surface area contributed by atoms with Gasteiger partial charge in [-0.2, -0.15) is 5.26 Å². The van der Waals surface area contributed by atoms with Crippen LogP contribution in [-0.4, -0.2) is 10.9 Å². The Morgan fingerprint density at radius 3 is 1.80 bits per heavy atom. The third-order valence-corrected chi connectivity index (χ3v) is 11.4. The summed E-state index contributed by atoms with van der Waals surface area (Å²) in [4.78, 5) is 15.8. The number of carbonyl (C=O) groups is 1. The van der Waals surface area contributed by atoms with Gasteiger partial charge in [0.25, 0.3) is 0 Å². The first kappa shape index (κ1) is 32.9. The Balaban J connectivity index is 1.52. The first-order valence-electron chi connectivity index (χ1n) is 17.1. The highest BCUT2D eigenvalue weighted by molar-refractivity contribution is 6.30. The maximum Gasteiger partial charge on any atom is 0.170 e. The van der Waals surface area contributed by atoms with Crippen molar-refractivity contribution in [2.45, 2.75) is 29.3 Å². The number of Topliss-reactive ketones (excluding diaryl/α,β-unsaturated/α-hetero) is 1. The molecular formula is C46H33Cl2NO2. The maximum absolute atomic E-state index is 15.8. The summed E-state index contributed by atoms with van der Waals surface area (Å²) in [6.45, 7) is 0. The number of hydrogen-bond acceptors (Lipinski definition) is 3. The number of aliphatic hydroxyl groups is 1. The van der Waals surface area contributed by atoms with Crippen molar-refractivity contribution in [3.63, 3.8) is 0 Å². The van der Waals surface area contributed by atoms with E-state index in [1.807, 2.05) is 152 Å². The molecule has 3 nitrogen and oxygen atoms in total. The number of ketones is 1. The molecule has 8 rings (SSSR count). The number of rotatable bonds is 6. The lowest BCUT2D eigenvalue weighted by Gasteiger charge is -2.56. The predicted molar refractivity (Wildman–Crippen MR) is 206 cm³/mol. The zero-order valence-corrected chi connectivity index (χ0v) is 29.1. The lowest BCUT2D eigenvalue weighted by atomic mass is 9.45. The monoisotopic (exact) mass is 701 g/mol. The smallest absolute Gasteiger partial charge is 0.170 e. The molecule has 1 fully saturated rings. The van der Waals surface area contributed by atoms with E-state index in [0.717, 1.165) is 38.2 Å². The van der Waals surface area contributed by atoms with Crippen molar-refractivity contribution in [1.29, 1.82) is 5.26 Å². The summed E-state index contributed by atoms with van der Waals surface area (Å²) in [5.41, 5.74) is 0.447. The van der Waals surface area contributed by atoms with Gasteiger partial charge in [-0.1, -0.05) is 163 Å². The summed E-state index contributed by atoms with van der Waals surface area (Å²) in [7, 11) is 0. The van der Waals surface area contributed by atoms with Crippen LogP contribution in [0.3, 0.4) is 0 Å². The van der Waals surface area contributed by atoms with E-state index in [1.54, 1.807) is 12.1 Å². The molecule has 0 spiro atoms. The molecule has 0 saturated heterocycles. The third kappa shape index (κ3) is 5.43. The average Bonchev–Trinajstić information content (AvgIpc) is 3.18. The number of fused-ring (bicyclic) bond motifs is 2. The van der Waals surface area contributed by atoms with Gasteiger partial charge in [0.2, 0.25) is 0 Å². The van der Waals surface area contributed by atoms with Crippen LogP contribution in [0.4, 0.5) is 0 Å². The largest absolute Gasteiger partial charge is 0.384 e. The molecule has 248 valence electrons. The van der Waals surface area contributed by atoms with Crippen LogP contribution in [0, 0.1) is 17.2 Å². The fraction of sp³-hybridized carbons (Fsp3) is 0.130. The highest BCUT2D eigenvalue weighted by atomic mass is 35.5. The van der Waals surface area contributed by atoms with Gasteiger partial charge in [0.05, 0.1) is 17.4 Å². The van der Waals surface area contributed by atoms with Gasteiger partial charge in [0.15, 0.2) is 5.78 Å². The van der Waals surface area contributed by atoms with Crippen molar-refractivity contribution in [3.05, 3.63) is 202 Å². The van der Waals surface area contributed by atoms with E-state index in [0.29, 0.717) is 21.2 Å². The van der Waals surface area contributed by atoms with Crippen molar-refractivity contribution in [1.82, 2.24) is 0 Å². The van der Waals surface area contributed by atoms with E-state index < -0.39 is 28.8 Å². The third-order valence-electron chi connectivity index (χ3n) is 10.9. The first-order valence-corrected chi connectivity index (χ1v) is 17.8. The molecule has 1 N–H and O–H groups in total. The van der Waals surface area contributed by atoms with Crippen LogP contribution < -0.4 is 0 Å². The maximum atomic E-state index is 15.8. The quantitative estimate of drug-likeness (QED) is 0.176. The summed E-state index contributed by atoms with van der Waals surface area (Å²) in [5.74, 6) is -2.72. The molecule has 51 heavy (non-hydrogen) atoms. The highest BCUT2D eigenvalue weighted by Crippen LogP contribution is 2.64. The molecule has 1 aliphatic rings. The van der Waals surface area contributed by atoms with E-state index >= 15 is 4.79 Å². The molecule has 0 unspecified atom stereocenters. The fourth-order valence-corrected chi connectivity index (χ4v) is 8.97. The molecule has 0 amide bonds. The molecule has 0 radical (unpaired) electrons. The molecule has 0 heterocycles. The van der Waals surface area contributed by atoms with Crippen LogP contribution in [0.5, 0.6) is 0 Å². The number of carbonyl (C=O) groups excluding carboxylic acids is 1. The van der Waals surface area contributed by atoms with E-state index in [9.17, 15) is 10.4 Å². The van der Waals surface area contributed by atoms with Gasteiger partial charge in [-0.25, -0.2) is 0 Å². The minimum Gasteiger partial charge on any atom is -0.384 e. The predicted octanol–water partition coefficient (Wildman–Crippen LogP) is 11.4. The number of halogens is 2. The van der Waals surface area contributed by atoms with E-state index in [2.05, 4.69) is 6.07 Å². The molecule has 5 atom stereocenters. The van der Waals surface area contributed by atoms with Crippen LogP contribution in [0.2, 0.25) is 10.0 Å². The van der Waals surface area contributed by atoms with Crippen molar-refractivity contribution < 1.29 is 9.90 Å². The molecular weight excluding hydrogens is 669 g/mol. The van der Waals surface area contributed by atoms with Gasteiger partial charge >= 0.3 is 0 Å². The summed E-state index contributed by atoms with van der Waals surface area (Å²) in [6, 6.07) is 54.9. The Labute approximate surface area is 307 Å². The number of nitriles is 1. The van der Waals surface area contributed by atoms with Gasteiger partial charge < -0.3 is 5.11 Å². The lowest BCUT2D eigenvalue weighted by molar-refractivity contribution is -0.0727. The molecule has 7 aromatic rings. The van der Waals surface area contributed by atoms with Crippen molar-refractivity contribution in [3.8, 4) is 6.07 Å². The van der Waals surface area contributed by atoms with Crippen LogP contribution in [0.15, 0.2) is 164 Å². The van der Waals surface area contributed by atoms with E-state index in [-0.39, 0.29) is 12.2 Å². The molecule has 5 heteroatoms. The van der Waals surface area contributed by atoms with Gasteiger partial charge in [0, 0.05) is 27.4 Å². The van der Waals surface area contributed by atoms with Crippen molar-refractivity contribution in [2.75, 3.05) is 0 Å². The molecule has 1 aliphatic carbocycles. The van der Waals surface area contributed by atoms with E-state index in [4.69, 9.17) is 23.2 Å². The molecule has 0 bridgehead atoms. The minimum absolute atomic E-state index is 0.0936. The molecule has 1 saturated carbocycles. The lowest BCUT2D eigenvalue weighted by Crippen LogP contribution is -2.58. The first-order chi connectivity index (χ1) is 24.8. The normalized spacial score (nSPS) is 23.1. The molecule has 7 aromatic carbocycles. The number of nitrogens with zero attached hydrogens (tertiary/aromatic N) is 1. The Kier molecular flexibility index (Phi) is 8.49. The van der Waals surface area contributed by atoms with Gasteiger partial charge in [-0.05, 0) is 74.5 Å². The fourth-order valence-electron chi connectivity index (χ4n) is 8.72. The summed E-state index contributed by atoms with van der Waals surface area (Å²) >= 11 is 12.9. The van der Waals surface area contributed by atoms with Crippen LogP contribution >= 0.6 is 23.2 Å². The highest BCUT2D eigenvalue weighted by Gasteiger charge is 2.64. The van der Waals surface area contributed by atoms with Crippen LogP contribution in [0.1, 0.15) is 50.9 Å². The summed E-state index contributed by atoms with van der Waals surface area (Å²) in [5, 5.41) is 30.3. The van der Waals surface area contributed by atoms with Crippen molar-refractivity contribution >= 4 is 50.5 Å². The van der Waals surface area contributed by atoms with Gasteiger partial charge in [-0.3, -0.25) is 4.79 Å². The topological polar surface area (TPSA) is 61.1 Å². The Bertz CT molecular complexity index is 2430. The summed E-state index contributed by atoms with van der Waals surface area (Å²) < 4.78 is 0. The molecule has 0 aliphatic heterocycles. The zero-order valence-electron chi connectivity index (χ0n) is 27.6. The molecule has 0 aromatic heterocycles. The Morgan fingerprint density at radius 1 is 0.627 bits per heavy atom. The number of benzene rings is 7. The van der Waals surface area contributed by atoms with E-state index in [1.165, 1.54) is 0 Å². The Hall–Kier alpha value is -5.24. The number of hydrogen-bond donors (Lipinski definition) is 1. The Morgan fingerprint density at radius 2 is 1.16 bits per heavy atom. The average molecular weight is 703 g/mol.